The summed E-state index contributed by atoms with van der Waals surface area (Å²) in [5.74, 6) is 0. The molecule has 0 unspecified atom stereocenters. The molecule has 2 heterocycles. The Hall–Kier alpha value is -1.94. The minimum absolute atomic E-state index is 0.0701. The highest BCUT2D eigenvalue weighted by Crippen LogP contribution is 2.21. The largest absolute Gasteiger partial charge is 0.353 e. The fourth-order valence-corrected chi connectivity index (χ4v) is 2.29. The van der Waals surface area contributed by atoms with E-state index in [-0.39, 0.29) is 5.43 Å². The van der Waals surface area contributed by atoms with E-state index in [4.69, 9.17) is 0 Å². The van der Waals surface area contributed by atoms with Crippen molar-refractivity contribution in [3.05, 3.63) is 63.4 Å². The molecule has 0 radical (unpaired) electrons. The first-order valence-corrected chi connectivity index (χ1v) is 6.27. The second-order valence-electron chi connectivity index (χ2n) is 3.96. The average molecular weight is 301 g/mol. The highest BCUT2D eigenvalue weighted by atomic mass is 79.9. The van der Waals surface area contributed by atoms with Gasteiger partial charge in [0.2, 0.25) is 5.43 Å². The van der Waals surface area contributed by atoms with Crippen LogP contribution in [0.5, 0.6) is 0 Å². The predicted molar refractivity (Wildman–Crippen MR) is 75.5 cm³/mol. The molecule has 3 aromatic rings. The van der Waals surface area contributed by atoms with Gasteiger partial charge in [-0.1, -0.05) is 28.1 Å². The van der Waals surface area contributed by atoms with E-state index in [9.17, 15) is 4.79 Å². The van der Waals surface area contributed by atoms with E-state index in [1.54, 1.807) is 12.3 Å². The van der Waals surface area contributed by atoms with Crippen LogP contribution in [-0.4, -0.2) is 9.97 Å². The highest BCUT2D eigenvalue weighted by molar-refractivity contribution is 9.10. The number of nitrogens with one attached hydrogen (secondary N) is 1. The van der Waals surface area contributed by atoms with Gasteiger partial charge in [0.15, 0.2) is 0 Å². The highest BCUT2D eigenvalue weighted by Gasteiger charge is 2.04. The van der Waals surface area contributed by atoms with Crippen molar-refractivity contribution in [3.63, 3.8) is 0 Å². The van der Waals surface area contributed by atoms with Gasteiger partial charge in [-0.25, -0.2) is 0 Å². The minimum atomic E-state index is -0.0701. The molecule has 0 saturated heterocycles. The molecule has 0 saturated carbocycles. The Labute approximate surface area is 112 Å². The molecule has 88 valence electrons. The van der Waals surface area contributed by atoms with Crippen LogP contribution in [-0.2, 0) is 0 Å². The molecule has 0 spiro atoms. The number of H-pyrrole nitrogens is 1. The van der Waals surface area contributed by atoms with Gasteiger partial charge < -0.3 is 4.98 Å². The van der Waals surface area contributed by atoms with Crippen molar-refractivity contribution < 1.29 is 0 Å². The normalized spacial score (nSPS) is 10.7. The van der Waals surface area contributed by atoms with Gasteiger partial charge in [0.1, 0.15) is 5.52 Å². The van der Waals surface area contributed by atoms with E-state index >= 15 is 0 Å². The maximum Gasteiger partial charge on any atom is 0.208 e. The minimum Gasteiger partial charge on any atom is -0.353 e. The summed E-state index contributed by atoms with van der Waals surface area (Å²) in [6.07, 6.45) is 1.62. The van der Waals surface area contributed by atoms with Gasteiger partial charge in [0, 0.05) is 22.4 Å². The number of rotatable bonds is 1. The van der Waals surface area contributed by atoms with Crippen molar-refractivity contribution in [2.24, 2.45) is 0 Å². The number of hydrogen-bond acceptors (Lipinski definition) is 2. The Morgan fingerprint density at radius 3 is 2.83 bits per heavy atom. The van der Waals surface area contributed by atoms with Gasteiger partial charge in [-0.3, -0.25) is 9.78 Å². The van der Waals surface area contributed by atoms with Crippen molar-refractivity contribution in [2.75, 3.05) is 0 Å². The summed E-state index contributed by atoms with van der Waals surface area (Å²) in [5, 5.41) is 0. The lowest BCUT2D eigenvalue weighted by Crippen LogP contribution is -2.04. The molecule has 1 aromatic carbocycles. The van der Waals surface area contributed by atoms with E-state index in [1.807, 2.05) is 36.4 Å². The molecular formula is C14H9BrN2O. The van der Waals surface area contributed by atoms with Crippen molar-refractivity contribution in [3.8, 4) is 11.3 Å². The molecule has 3 rings (SSSR count). The Morgan fingerprint density at radius 1 is 1.11 bits per heavy atom. The molecule has 0 aliphatic rings. The third-order valence-corrected chi connectivity index (χ3v) is 3.21. The van der Waals surface area contributed by atoms with Gasteiger partial charge >= 0.3 is 0 Å². The van der Waals surface area contributed by atoms with Crippen LogP contribution in [0.1, 0.15) is 0 Å². The average Bonchev–Trinajstić information content (AvgIpc) is 2.39. The van der Waals surface area contributed by atoms with E-state index < -0.39 is 0 Å². The SMILES string of the molecule is O=c1cc(-c2cccc(Br)c2)[nH]c2cccnc12. The smallest absolute Gasteiger partial charge is 0.208 e. The third kappa shape index (κ3) is 1.95. The van der Waals surface area contributed by atoms with Crippen molar-refractivity contribution in [1.82, 2.24) is 9.97 Å². The Kier molecular flexibility index (Phi) is 2.72. The van der Waals surface area contributed by atoms with Crippen LogP contribution < -0.4 is 5.43 Å². The zero-order chi connectivity index (χ0) is 12.5. The van der Waals surface area contributed by atoms with E-state index in [1.165, 1.54) is 0 Å². The van der Waals surface area contributed by atoms with Gasteiger partial charge in [0.05, 0.1) is 5.52 Å². The van der Waals surface area contributed by atoms with Crippen LogP contribution in [0.25, 0.3) is 22.3 Å². The monoisotopic (exact) mass is 300 g/mol. The van der Waals surface area contributed by atoms with Crippen LogP contribution in [0.3, 0.4) is 0 Å². The van der Waals surface area contributed by atoms with Gasteiger partial charge in [-0.2, -0.15) is 0 Å². The molecule has 0 aliphatic carbocycles. The maximum atomic E-state index is 12.0. The summed E-state index contributed by atoms with van der Waals surface area (Å²) in [6.45, 7) is 0. The van der Waals surface area contributed by atoms with Crippen LogP contribution in [0.15, 0.2) is 57.9 Å². The Morgan fingerprint density at radius 2 is 2.00 bits per heavy atom. The lowest BCUT2D eigenvalue weighted by Gasteiger charge is -2.04. The summed E-state index contributed by atoms with van der Waals surface area (Å²) in [6, 6.07) is 13.0. The topological polar surface area (TPSA) is 45.8 Å². The van der Waals surface area contributed by atoms with Gasteiger partial charge in [-0.05, 0) is 29.8 Å². The number of fused-ring (bicyclic) bond motifs is 1. The first-order valence-electron chi connectivity index (χ1n) is 5.48. The third-order valence-electron chi connectivity index (χ3n) is 2.72. The summed E-state index contributed by atoms with van der Waals surface area (Å²) in [5.41, 5.74) is 2.91. The van der Waals surface area contributed by atoms with Crippen LogP contribution in [0.4, 0.5) is 0 Å². The van der Waals surface area contributed by atoms with Crippen molar-refractivity contribution in [1.29, 1.82) is 0 Å². The number of pyridine rings is 2. The molecule has 2 aromatic heterocycles. The first-order chi connectivity index (χ1) is 8.74. The number of benzene rings is 1. The molecule has 0 amide bonds. The van der Waals surface area contributed by atoms with Crippen LogP contribution >= 0.6 is 15.9 Å². The molecule has 4 heteroatoms. The summed E-state index contributed by atoms with van der Waals surface area (Å²) >= 11 is 3.42. The summed E-state index contributed by atoms with van der Waals surface area (Å²) in [7, 11) is 0. The van der Waals surface area contributed by atoms with E-state index in [0.29, 0.717) is 5.52 Å². The van der Waals surface area contributed by atoms with E-state index in [2.05, 4.69) is 25.9 Å². The standard InChI is InChI=1S/C14H9BrN2O/c15-10-4-1-3-9(7-10)12-8-13(18)14-11(17-12)5-2-6-16-14/h1-8H,(H,17,18). The molecule has 0 atom stereocenters. The van der Waals surface area contributed by atoms with Crippen molar-refractivity contribution >= 4 is 27.0 Å². The number of hydrogen-bond donors (Lipinski definition) is 1. The quantitative estimate of drug-likeness (QED) is 0.749. The molecule has 18 heavy (non-hydrogen) atoms. The predicted octanol–water partition coefficient (Wildman–Crippen LogP) is 3.35. The van der Waals surface area contributed by atoms with Crippen LogP contribution in [0.2, 0.25) is 0 Å². The molecule has 0 aliphatic heterocycles. The Balaban J connectivity index is 2.28. The maximum absolute atomic E-state index is 12.0. The number of halogens is 1. The molecule has 0 fully saturated rings. The number of aromatic nitrogens is 2. The fraction of sp³-hybridized carbons (Fsp3) is 0. The van der Waals surface area contributed by atoms with Gasteiger partial charge in [-0.15, -0.1) is 0 Å². The number of nitrogens with zero attached hydrogens (tertiary/aromatic N) is 1. The second-order valence-corrected chi connectivity index (χ2v) is 4.87. The molecule has 0 bridgehead atoms. The summed E-state index contributed by atoms with van der Waals surface area (Å²) < 4.78 is 0.979. The molecule has 3 nitrogen and oxygen atoms in total. The first kappa shape index (κ1) is 11.2. The lowest BCUT2D eigenvalue weighted by atomic mass is 10.1. The Bertz CT molecular complexity index is 780. The molecule has 1 N–H and O–H groups in total. The van der Waals surface area contributed by atoms with Gasteiger partial charge in [0.25, 0.3) is 0 Å². The fourth-order valence-electron chi connectivity index (χ4n) is 1.89. The van der Waals surface area contributed by atoms with E-state index in [0.717, 1.165) is 21.2 Å². The number of aromatic amines is 1. The second kappa shape index (κ2) is 4.38. The molecular weight excluding hydrogens is 292 g/mol. The zero-order valence-corrected chi connectivity index (χ0v) is 10.9. The van der Waals surface area contributed by atoms with Crippen molar-refractivity contribution in [2.45, 2.75) is 0 Å². The zero-order valence-electron chi connectivity index (χ0n) is 9.35. The summed E-state index contributed by atoms with van der Waals surface area (Å²) in [4.78, 5) is 19.3. The lowest BCUT2D eigenvalue weighted by molar-refractivity contribution is 1.31. The van der Waals surface area contributed by atoms with Crippen LogP contribution in [0, 0.1) is 0 Å².